The van der Waals surface area contributed by atoms with E-state index in [9.17, 15) is 9.59 Å². The number of carbonyl (C=O) groups is 2. The van der Waals surface area contributed by atoms with E-state index >= 15 is 0 Å². The van der Waals surface area contributed by atoms with Crippen molar-refractivity contribution in [1.82, 2.24) is 4.90 Å². The Labute approximate surface area is 103 Å². The van der Waals surface area contributed by atoms with Crippen molar-refractivity contribution in [3.8, 4) is 0 Å². The molecule has 4 heteroatoms. The van der Waals surface area contributed by atoms with E-state index < -0.39 is 5.97 Å². The van der Waals surface area contributed by atoms with E-state index in [4.69, 9.17) is 4.74 Å². The summed E-state index contributed by atoms with van der Waals surface area (Å²) in [6, 6.07) is 0. The Balaban J connectivity index is 2.25. The molecule has 0 aromatic rings. The Morgan fingerprint density at radius 2 is 2.41 bits per heavy atom. The Morgan fingerprint density at radius 1 is 1.65 bits per heavy atom. The van der Waals surface area contributed by atoms with Gasteiger partial charge in [0.25, 0.3) is 0 Å². The highest BCUT2D eigenvalue weighted by molar-refractivity contribution is 5.82. The van der Waals surface area contributed by atoms with Gasteiger partial charge in [-0.15, -0.1) is 0 Å². The lowest BCUT2D eigenvalue weighted by Crippen LogP contribution is -2.31. The molecule has 0 aliphatic carbocycles. The predicted molar refractivity (Wildman–Crippen MR) is 65.4 cm³/mol. The Hall–Kier alpha value is -1.32. The SMILES string of the molecule is C=CC(=O)OCCN1CCC(CCCC)C1=O. The van der Waals surface area contributed by atoms with Crippen LogP contribution in [0.4, 0.5) is 0 Å². The second-order valence-electron chi connectivity index (χ2n) is 4.32. The van der Waals surface area contributed by atoms with E-state index in [0.29, 0.717) is 6.54 Å². The maximum absolute atomic E-state index is 11.9. The van der Waals surface area contributed by atoms with Gasteiger partial charge in [0.05, 0.1) is 6.54 Å². The van der Waals surface area contributed by atoms with E-state index in [1.165, 1.54) is 0 Å². The summed E-state index contributed by atoms with van der Waals surface area (Å²) < 4.78 is 4.87. The molecule has 4 nitrogen and oxygen atoms in total. The van der Waals surface area contributed by atoms with Crippen molar-refractivity contribution in [1.29, 1.82) is 0 Å². The highest BCUT2D eigenvalue weighted by Crippen LogP contribution is 2.22. The number of ether oxygens (including phenoxy) is 1. The molecule has 0 aromatic heterocycles. The normalized spacial score (nSPS) is 19.5. The molecule has 96 valence electrons. The van der Waals surface area contributed by atoms with Crippen LogP contribution in [0.2, 0.25) is 0 Å². The molecule has 1 heterocycles. The van der Waals surface area contributed by atoms with Crippen LogP contribution in [0.3, 0.4) is 0 Å². The maximum Gasteiger partial charge on any atom is 0.330 e. The molecule has 0 spiro atoms. The summed E-state index contributed by atoms with van der Waals surface area (Å²) in [5.74, 6) is -0.0302. The van der Waals surface area contributed by atoms with Crippen LogP contribution in [0.25, 0.3) is 0 Å². The van der Waals surface area contributed by atoms with Gasteiger partial charge in [-0.2, -0.15) is 0 Å². The van der Waals surface area contributed by atoms with Crippen LogP contribution in [0, 0.1) is 5.92 Å². The molecule has 0 saturated carbocycles. The monoisotopic (exact) mass is 239 g/mol. The number of nitrogens with zero attached hydrogens (tertiary/aromatic N) is 1. The average Bonchev–Trinajstić information content (AvgIpc) is 2.68. The average molecular weight is 239 g/mol. The zero-order valence-corrected chi connectivity index (χ0v) is 10.5. The molecule has 1 atom stereocenters. The van der Waals surface area contributed by atoms with Gasteiger partial charge in [0.1, 0.15) is 6.61 Å². The second-order valence-corrected chi connectivity index (χ2v) is 4.32. The predicted octanol–water partition coefficient (Wildman–Crippen LogP) is 1.75. The standard InChI is InChI=1S/C13H21NO3/c1-3-5-6-11-7-8-14(13(11)16)9-10-17-12(15)4-2/h4,11H,2-3,5-10H2,1H3. The fourth-order valence-electron chi connectivity index (χ4n) is 2.06. The van der Waals surface area contributed by atoms with Crippen LogP contribution < -0.4 is 0 Å². The highest BCUT2D eigenvalue weighted by Gasteiger charge is 2.30. The molecule has 1 unspecified atom stereocenters. The fraction of sp³-hybridized carbons (Fsp3) is 0.692. The summed E-state index contributed by atoms with van der Waals surface area (Å²) >= 11 is 0. The minimum absolute atomic E-state index is 0.185. The summed E-state index contributed by atoms with van der Waals surface area (Å²) in [5.41, 5.74) is 0. The van der Waals surface area contributed by atoms with Crippen molar-refractivity contribution < 1.29 is 14.3 Å². The first-order valence-corrected chi connectivity index (χ1v) is 6.27. The molecule has 0 aromatic carbocycles. The largest absolute Gasteiger partial charge is 0.461 e. The van der Waals surface area contributed by atoms with E-state index in [-0.39, 0.29) is 18.4 Å². The molecule has 1 aliphatic rings. The zero-order valence-electron chi connectivity index (χ0n) is 10.5. The number of hydrogen-bond donors (Lipinski definition) is 0. The van der Waals surface area contributed by atoms with Crippen molar-refractivity contribution in [3.63, 3.8) is 0 Å². The number of rotatable bonds is 7. The van der Waals surface area contributed by atoms with Gasteiger partial charge in [0.15, 0.2) is 0 Å². The first kappa shape index (κ1) is 13.7. The number of unbranched alkanes of at least 4 members (excludes halogenated alkanes) is 1. The van der Waals surface area contributed by atoms with Crippen molar-refractivity contribution in [2.24, 2.45) is 5.92 Å². The summed E-state index contributed by atoms with van der Waals surface area (Å²) in [5, 5.41) is 0. The lowest BCUT2D eigenvalue weighted by atomic mass is 10.0. The van der Waals surface area contributed by atoms with Crippen LogP contribution in [0.1, 0.15) is 32.6 Å². The molecule has 1 rings (SSSR count). The van der Waals surface area contributed by atoms with Gasteiger partial charge >= 0.3 is 5.97 Å². The van der Waals surface area contributed by atoms with Crippen LogP contribution in [-0.2, 0) is 14.3 Å². The van der Waals surface area contributed by atoms with Gasteiger partial charge in [-0.25, -0.2) is 4.79 Å². The number of carbonyl (C=O) groups excluding carboxylic acids is 2. The van der Waals surface area contributed by atoms with Crippen LogP contribution in [0.15, 0.2) is 12.7 Å². The first-order chi connectivity index (χ1) is 8.19. The molecular weight excluding hydrogens is 218 g/mol. The highest BCUT2D eigenvalue weighted by atomic mass is 16.5. The van der Waals surface area contributed by atoms with Gasteiger partial charge in [-0.3, -0.25) is 4.79 Å². The van der Waals surface area contributed by atoms with E-state index in [2.05, 4.69) is 13.5 Å². The maximum atomic E-state index is 11.9. The molecule has 1 aliphatic heterocycles. The topological polar surface area (TPSA) is 46.6 Å². The minimum Gasteiger partial charge on any atom is -0.461 e. The lowest BCUT2D eigenvalue weighted by molar-refractivity contribution is -0.140. The molecule has 0 N–H and O–H groups in total. The molecule has 0 radical (unpaired) electrons. The van der Waals surface area contributed by atoms with Crippen LogP contribution in [0.5, 0.6) is 0 Å². The summed E-state index contributed by atoms with van der Waals surface area (Å²) in [7, 11) is 0. The third-order valence-corrected chi connectivity index (χ3v) is 3.09. The summed E-state index contributed by atoms with van der Waals surface area (Å²) in [6.45, 7) is 7.00. The Bertz CT molecular complexity index is 288. The van der Waals surface area contributed by atoms with Gasteiger partial charge in [-0.1, -0.05) is 26.3 Å². The third kappa shape index (κ3) is 4.21. The van der Waals surface area contributed by atoms with Gasteiger partial charge in [0.2, 0.25) is 5.91 Å². The van der Waals surface area contributed by atoms with Crippen LogP contribution >= 0.6 is 0 Å². The van der Waals surface area contributed by atoms with Gasteiger partial charge in [0, 0.05) is 18.5 Å². The molecule has 1 fully saturated rings. The van der Waals surface area contributed by atoms with Crippen molar-refractivity contribution in [2.45, 2.75) is 32.6 Å². The second kappa shape index (κ2) is 7.09. The first-order valence-electron chi connectivity index (χ1n) is 6.27. The fourth-order valence-corrected chi connectivity index (χ4v) is 2.06. The molecular formula is C13H21NO3. The molecule has 0 bridgehead atoms. The van der Waals surface area contributed by atoms with Crippen LogP contribution in [-0.4, -0.2) is 36.5 Å². The number of hydrogen-bond acceptors (Lipinski definition) is 3. The molecule has 17 heavy (non-hydrogen) atoms. The Morgan fingerprint density at radius 3 is 3.06 bits per heavy atom. The summed E-state index contributed by atoms with van der Waals surface area (Å²) in [4.78, 5) is 24.5. The zero-order chi connectivity index (χ0) is 12.7. The Kier molecular flexibility index (Phi) is 5.73. The van der Waals surface area contributed by atoms with Crippen molar-refractivity contribution in [3.05, 3.63) is 12.7 Å². The quantitative estimate of drug-likeness (QED) is 0.502. The molecule has 1 saturated heterocycles. The smallest absolute Gasteiger partial charge is 0.330 e. The van der Waals surface area contributed by atoms with Crippen molar-refractivity contribution in [2.75, 3.05) is 19.7 Å². The number of likely N-dealkylation sites (tertiary alicyclic amines) is 1. The minimum atomic E-state index is -0.431. The lowest BCUT2D eigenvalue weighted by Gasteiger charge is -2.16. The number of esters is 1. The van der Waals surface area contributed by atoms with E-state index in [1.807, 2.05) is 0 Å². The molecule has 1 amide bonds. The van der Waals surface area contributed by atoms with E-state index in [0.717, 1.165) is 38.3 Å². The van der Waals surface area contributed by atoms with Crippen molar-refractivity contribution >= 4 is 11.9 Å². The van der Waals surface area contributed by atoms with Gasteiger partial charge in [-0.05, 0) is 12.8 Å². The third-order valence-electron chi connectivity index (χ3n) is 3.09. The van der Waals surface area contributed by atoms with E-state index in [1.54, 1.807) is 4.90 Å². The van der Waals surface area contributed by atoms with Gasteiger partial charge < -0.3 is 9.64 Å². The number of amides is 1. The summed E-state index contributed by atoms with van der Waals surface area (Å²) in [6.07, 6.45) is 5.29.